The number of benzene rings is 2. The van der Waals surface area contributed by atoms with E-state index in [1.54, 1.807) is 7.11 Å². The summed E-state index contributed by atoms with van der Waals surface area (Å²) in [5.74, 6) is 2.57. The number of aromatic nitrogens is 3. The van der Waals surface area contributed by atoms with Gasteiger partial charge in [-0.1, -0.05) is 12.1 Å². The summed E-state index contributed by atoms with van der Waals surface area (Å²) in [4.78, 5) is 8.42. The molecule has 1 aliphatic rings. The van der Waals surface area contributed by atoms with Crippen LogP contribution in [0, 0.1) is 4.77 Å². The van der Waals surface area contributed by atoms with Crippen LogP contribution in [0.5, 0.6) is 11.5 Å². The smallest absolute Gasteiger partial charge is 0.221 e. The minimum atomic E-state index is 0.581. The summed E-state index contributed by atoms with van der Waals surface area (Å²) in [5, 5.41) is 3.36. The number of para-hydroxylation sites is 2. The van der Waals surface area contributed by atoms with Crippen LogP contribution in [-0.4, -0.2) is 54.7 Å². The first kappa shape index (κ1) is 20.4. The zero-order chi connectivity index (χ0) is 20.9. The maximum atomic E-state index is 5.80. The highest BCUT2D eigenvalue weighted by atomic mass is 32.1. The third-order valence-corrected chi connectivity index (χ3v) is 5.71. The molecule has 0 amide bonds. The lowest BCUT2D eigenvalue weighted by Crippen LogP contribution is -3.14. The molecule has 0 unspecified atom stereocenters. The standard InChI is InChI=1S/C22H27N5O2S/c1-3-29-20-7-5-4-6-19(20)26-14-12-25(13-15-26)16-27-22(30)23-21(24-27)17-8-10-18(28-2)11-9-17/h4-11H,3,12-16H2,1-2H3,(H,23,24,30)/p+1. The van der Waals surface area contributed by atoms with Gasteiger partial charge >= 0.3 is 0 Å². The van der Waals surface area contributed by atoms with Gasteiger partial charge in [-0.3, -0.25) is 5.10 Å². The molecule has 4 rings (SSSR count). The molecular formula is C22H28N5O2S+. The maximum Gasteiger partial charge on any atom is 0.221 e. The first-order valence-electron chi connectivity index (χ1n) is 10.3. The van der Waals surface area contributed by atoms with E-state index in [9.17, 15) is 0 Å². The van der Waals surface area contributed by atoms with Gasteiger partial charge < -0.3 is 19.3 Å². The van der Waals surface area contributed by atoms with E-state index in [2.05, 4.69) is 27.1 Å². The Morgan fingerprint density at radius 3 is 2.53 bits per heavy atom. The lowest BCUT2D eigenvalue weighted by Gasteiger charge is -2.34. The van der Waals surface area contributed by atoms with Crippen molar-refractivity contribution < 1.29 is 14.4 Å². The van der Waals surface area contributed by atoms with Crippen LogP contribution in [0.4, 0.5) is 5.69 Å². The van der Waals surface area contributed by atoms with Crippen molar-refractivity contribution in [3.05, 3.63) is 53.3 Å². The van der Waals surface area contributed by atoms with Crippen LogP contribution in [-0.2, 0) is 6.67 Å². The Morgan fingerprint density at radius 1 is 1.10 bits per heavy atom. The minimum Gasteiger partial charge on any atom is -0.497 e. The zero-order valence-corrected chi connectivity index (χ0v) is 18.2. The molecule has 0 saturated carbocycles. The number of nitrogens with zero attached hydrogens (tertiary/aromatic N) is 3. The molecule has 8 heteroatoms. The predicted molar refractivity (Wildman–Crippen MR) is 120 cm³/mol. The fourth-order valence-electron chi connectivity index (χ4n) is 3.78. The molecule has 0 atom stereocenters. The maximum absolute atomic E-state index is 5.80. The molecule has 0 aliphatic carbocycles. The van der Waals surface area contributed by atoms with Crippen LogP contribution in [0.15, 0.2) is 48.5 Å². The third kappa shape index (κ3) is 4.49. The second kappa shape index (κ2) is 9.32. The molecule has 1 fully saturated rings. The van der Waals surface area contributed by atoms with Gasteiger partial charge in [-0.15, -0.1) is 0 Å². The molecule has 2 heterocycles. The highest BCUT2D eigenvalue weighted by Gasteiger charge is 2.23. The number of H-pyrrole nitrogens is 1. The molecule has 1 aliphatic heterocycles. The van der Waals surface area contributed by atoms with Crippen molar-refractivity contribution in [3.63, 3.8) is 0 Å². The van der Waals surface area contributed by atoms with Crippen LogP contribution in [0.3, 0.4) is 0 Å². The van der Waals surface area contributed by atoms with Gasteiger partial charge in [-0.25, -0.2) is 4.68 Å². The third-order valence-electron chi connectivity index (χ3n) is 5.40. The number of hydrogen-bond acceptors (Lipinski definition) is 5. The second-order valence-corrected chi connectivity index (χ2v) is 7.67. The Hall–Kier alpha value is -2.84. The van der Waals surface area contributed by atoms with Crippen molar-refractivity contribution in [2.45, 2.75) is 13.6 Å². The van der Waals surface area contributed by atoms with Crippen LogP contribution >= 0.6 is 12.2 Å². The van der Waals surface area contributed by atoms with E-state index in [0.29, 0.717) is 11.4 Å². The number of aromatic amines is 1. The Kier molecular flexibility index (Phi) is 6.35. The molecule has 158 valence electrons. The summed E-state index contributed by atoms with van der Waals surface area (Å²) < 4.78 is 13.6. The summed E-state index contributed by atoms with van der Waals surface area (Å²) in [6.07, 6.45) is 0. The topological polar surface area (TPSA) is 59.8 Å². The molecule has 1 aromatic heterocycles. The number of anilines is 1. The normalized spacial score (nSPS) is 14.7. The summed E-state index contributed by atoms with van der Waals surface area (Å²) >= 11 is 5.49. The molecule has 0 spiro atoms. The molecule has 7 nitrogen and oxygen atoms in total. The molecule has 30 heavy (non-hydrogen) atoms. The summed E-state index contributed by atoms with van der Waals surface area (Å²) in [6, 6.07) is 16.1. The van der Waals surface area contributed by atoms with Crippen molar-refractivity contribution in [3.8, 4) is 22.9 Å². The van der Waals surface area contributed by atoms with Gasteiger partial charge in [0.2, 0.25) is 4.77 Å². The minimum absolute atomic E-state index is 0.581. The second-order valence-electron chi connectivity index (χ2n) is 7.31. The average molecular weight is 427 g/mol. The quantitative estimate of drug-likeness (QED) is 0.568. The number of methoxy groups -OCH3 is 1. The van der Waals surface area contributed by atoms with Crippen LogP contribution in [0.25, 0.3) is 11.4 Å². The zero-order valence-electron chi connectivity index (χ0n) is 17.4. The van der Waals surface area contributed by atoms with Crippen molar-refractivity contribution >= 4 is 17.9 Å². The molecular weight excluding hydrogens is 398 g/mol. The van der Waals surface area contributed by atoms with Crippen LogP contribution in [0.2, 0.25) is 0 Å². The number of rotatable bonds is 7. The summed E-state index contributed by atoms with van der Waals surface area (Å²) in [5.41, 5.74) is 2.17. The van der Waals surface area contributed by atoms with Gasteiger partial charge in [0.1, 0.15) is 11.5 Å². The van der Waals surface area contributed by atoms with Gasteiger partial charge in [0, 0.05) is 5.56 Å². The van der Waals surface area contributed by atoms with E-state index in [-0.39, 0.29) is 0 Å². The average Bonchev–Trinajstić information content (AvgIpc) is 3.15. The molecule has 0 bridgehead atoms. The van der Waals surface area contributed by atoms with Gasteiger partial charge in [0.25, 0.3) is 0 Å². The largest absolute Gasteiger partial charge is 0.497 e. The SMILES string of the molecule is CCOc1ccccc1N1CC[NH+](Cn2[nH]c(-c3ccc(OC)cc3)nc2=S)CC1. The number of hydrogen-bond donors (Lipinski definition) is 2. The molecule has 2 N–H and O–H groups in total. The van der Waals surface area contributed by atoms with Gasteiger partial charge in [-0.05, 0) is 55.5 Å². The van der Waals surface area contributed by atoms with E-state index in [4.69, 9.17) is 21.7 Å². The van der Waals surface area contributed by atoms with E-state index in [1.165, 1.54) is 10.6 Å². The van der Waals surface area contributed by atoms with Crippen molar-refractivity contribution in [1.29, 1.82) is 0 Å². The Balaban J connectivity index is 1.40. The Labute approximate surface area is 181 Å². The van der Waals surface area contributed by atoms with Gasteiger partial charge in [-0.2, -0.15) is 4.98 Å². The highest BCUT2D eigenvalue weighted by Crippen LogP contribution is 2.27. The van der Waals surface area contributed by atoms with Crippen LogP contribution in [0.1, 0.15) is 6.92 Å². The lowest BCUT2D eigenvalue weighted by molar-refractivity contribution is -0.924. The van der Waals surface area contributed by atoms with Gasteiger partial charge in [0.05, 0.1) is 45.6 Å². The summed E-state index contributed by atoms with van der Waals surface area (Å²) in [7, 11) is 1.66. The summed E-state index contributed by atoms with van der Waals surface area (Å²) in [6.45, 7) is 7.49. The van der Waals surface area contributed by atoms with Gasteiger partial charge in [0.15, 0.2) is 12.5 Å². The number of nitrogens with one attached hydrogen (secondary N) is 2. The molecule has 2 aromatic carbocycles. The van der Waals surface area contributed by atoms with E-state index >= 15 is 0 Å². The monoisotopic (exact) mass is 426 g/mol. The Morgan fingerprint density at radius 2 is 1.83 bits per heavy atom. The highest BCUT2D eigenvalue weighted by molar-refractivity contribution is 7.71. The lowest BCUT2D eigenvalue weighted by atomic mass is 10.2. The van der Waals surface area contributed by atoms with Crippen LogP contribution < -0.4 is 19.3 Å². The number of quaternary nitrogens is 1. The van der Waals surface area contributed by atoms with Crippen molar-refractivity contribution in [2.24, 2.45) is 0 Å². The first-order valence-corrected chi connectivity index (χ1v) is 10.7. The number of ether oxygens (including phenoxy) is 2. The van der Waals surface area contributed by atoms with E-state index in [0.717, 1.165) is 55.7 Å². The van der Waals surface area contributed by atoms with Crippen molar-refractivity contribution in [1.82, 2.24) is 14.8 Å². The molecule has 3 aromatic rings. The first-order chi connectivity index (χ1) is 14.7. The van der Waals surface area contributed by atoms with E-state index < -0.39 is 0 Å². The molecule has 1 saturated heterocycles. The van der Waals surface area contributed by atoms with Crippen molar-refractivity contribution in [2.75, 3.05) is 44.8 Å². The fraction of sp³-hybridized carbons (Fsp3) is 0.364. The van der Waals surface area contributed by atoms with E-state index in [1.807, 2.05) is 48.0 Å². The Bertz CT molecular complexity index is 1020. The predicted octanol–water partition coefficient (Wildman–Crippen LogP) is 2.38. The fourth-order valence-corrected chi connectivity index (χ4v) is 3.98. The number of piperazine rings is 1. The molecule has 0 radical (unpaired) electrons.